The van der Waals surface area contributed by atoms with E-state index in [9.17, 15) is 0 Å². The number of thiazole rings is 1. The smallest absolute Gasteiger partial charge is 0.0794 e. The van der Waals surface area contributed by atoms with Crippen LogP contribution in [0.4, 0.5) is 0 Å². The highest BCUT2D eigenvalue weighted by Gasteiger charge is 2.20. The molecule has 1 fully saturated rings. The van der Waals surface area contributed by atoms with Crippen molar-refractivity contribution in [2.75, 3.05) is 19.6 Å². The minimum atomic E-state index is 0.604. The van der Waals surface area contributed by atoms with Crippen molar-refractivity contribution in [1.29, 1.82) is 0 Å². The van der Waals surface area contributed by atoms with Crippen molar-refractivity contribution >= 4 is 11.3 Å². The van der Waals surface area contributed by atoms with Gasteiger partial charge >= 0.3 is 0 Å². The zero-order chi connectivity index (χ0) is 12.1. The van der Waals surface area contributed by atoms with E-state index in [4.69, 9.17) is 0 Å². The van der Waals surface area contributed by atoms with Crippen LogP contribution in [0.1, 0.15) is 31.6 Å². The lowest BCUT2D eigenvalue weighted by molar-refractivity contribution is 0.165. The zero-order valence-corrected chi connectivity index (χ0v) is 11.7. The Hall–Kier alpha value is -0.450. The zero-order valence-electron chi connectivity index (χ0n) is 10.9. The molecule has 0 saturated carbocycles. The molecule has 0 spiro atoms. The average molecular weight is 253 g/mol. The molecular formula is C13H23N3S. The van der Waals surface area contributed by atoms with Gasteiger partial charge in [0, 0.05) is 30.2 Å². The second kappa shape index (κ2) is 6.47. The van der Waals surface area contributed by atoms with Gasteiger partial charge in [0.1, 0.15) is 0 Å². The maximum absolute atomic E-state index is 4.15. The van der Waals surface area contributed by atoms with E-state index in [1.54, 1.807) is 11.3 Å². The van der Waals surface area contributed by atoms with Gasteiger partial charge in [0.15, 0.2) is 0 Å². The third-order valence-electron chi connectivity index (χ3n) is 3.28. The quantitative estimate of drug-likeness (QED) is 0.873. The normalized spacial score (nSPS) is 22.2. The van der Waals surface area contributed by atoms with E-state index in [0.717, 1.165) is 19.0 Å². The Morgan fingerprint density at radius 2 is 2.47 bits per heavy atom. The second-order valence-electron chi connectivity index (χ2n) is 5.27. The molecule has 2 heterocycles. The summed E-state index contributed by atoms with van der Waals surface area (Å²) in [7, 11) is 0. The van der Waals surface area contributed by atoms with Crippen molar-refractivity contribution in [3.63, 3.8) is 0 Å². The topological polar surface area (TPSA) is 28.2 Å². The predicted molar refractivity (Wildman–Crippen MR) is 73.3 cm³/mol. The van der Waals surface area contributed by atoms with E-state index in [1.807, 2.05) is 11.7 Å². The summed E-state index contributed by atoms with van der Waals surface area (Å²) < 4.78 is 0. The monoisotopic (exact) mass is 253 g/mol. The first-order chi connectivity index (χ1) is 8.24. The second-order valence-corrected chi connectivity index (χ2v) is 6.24. The first-order valence-corrected chi connectivity index (χ1v) is 7.45. The van der Waals surface area contributed by atoms with Gasteiger partial charge in [0.2, 0.25) is 0 Å². The van der Waals surface area contributed by atoms with Crippen LogP contribution in [0.3, 0.4) is 0 Å². The van der Waals surface area contributed by atoms with Crippen molar-refractivity contribution in [3.8, 4) is 0 Å². The fourth-order valence-corrected chi connectivity index (χ4v) is 3.04. The number of nitrogens with one attached hydrogen (secondary N) is 1. The Labute approximate surface area is 108 Å². The molecule has 1 aromatic rings. The lowest BCUT2D eigenvalue weighted by Crippen LogP contribution is -2.40. The van der Waals surface area contributed by atoms with Crippen molar-refractivity contribution < 1.29 is 0 Å². The fourth-order valence-electron chi connectivity index (χ4n) is 2.40. The molecule has 96 valence electrons. The highest BCUT2D eigenvalue weighted by atomic mass is 32.1. The van der Waals surface area contributed by atoms with Gasteiger partial charge in [-0.1, -0.05) is 13.8 Å². The van der Waals surface area contributed by atoms with Crippen LogP contribution in [0, 0.1) is 5.92 Å². The highest BCUT2D eigenvalue weighted by molar-refractivity contribution is 7.09. The Balaban J connectivity index is 1.76. The summed E-state index contributed by atoms with van der Waals surface area (Å²) in [6.45, 7) is 9.17. The van der Waals surface area contributed by atoms with Gasteiger partial charge in [0.25, 0.3) is 0 Å². The standard InChI is InChI=1S/C13H23N3S/c1-11(2)15-6-12-4-3-5-16(8-12)9-13-7-14-10-17-13/h7,10-12,15H,3-6,8-9H2,1-2H3. The summed E-state index contributed by atoms with van der Waals surface area (Å²) in [4.78, 5) is 8.11. The summed E-state index contributed by atoms with van der Waals surface area (Å²) in [5.74, 6) is 0.819. The van der Waals surface area contributed by atoms with E-state index in [-0.39, 0.29) is 0 Å². The number of hydrogen-bond donors (Lipinski definition) is 1. The van der Waals surface area contributed by atoms with Gasteiger partial charge < -0.3 is 5.32 Å². The maximum atomic E-state index is 4.15. The molecule has 1 unspecified atom stereocenters. The lowest BCUT2D eigenvalue weighted by Gasteiger charge is -2.32. The molecule has 0 aromatic carbocycles. The van der Waals surface area contributed by atoms with Crippen LogP contribution >= 0.6 is 11.3 Å². The van der Waals surface area contributed by atoms with Gasteiger partial charge in [-0.05, 0) is 31.8 Å². The summed E-state index contributed by atoms with van der Waals surface area (Å²) in [6.07, 6.45) is 4.71. The molecule has 1 atom stereocenters. The van der Waals surface area contributed by atoms with Gasteiger partial charge in [-0.3, -0.25) is 9.88 Å². The number of aromatic nitrogens is 1. The molecule has 17 heavy (non-hydrogen) atoms. The van der Waals surface area contributed by atoms with E-state index >= 15 is 0 Å². The average Bonchev–Trinajstić information content (AvgIpc) is 2.80. The number of likely N-dealkylation sites (tertiary alicyclic amines) is 1. The molecule has 0 bridgehead atoms. The molecule has 0 radical (unpaired) electrons. The van der Waals surface area contributed by atoms with Crippen LogP contribution < -0.4 is 5.32 Å². The third kappa shape index (κ3) is 4.37. The Morgan fingerprint density at radius 3 is 3.18 bits per heavy atom. The van der Waals surface area contributed by atoms with E-state index < -0.39 is 0 Å². The molecule has 2 rings (SSSR count). The van der Waals surface area contributed by atoms with Crippen LogP contribution in [0.15, 0.2) is 11.7 Å². The molecule has 0 amide bonds. The number of rotatable bonds is 5. The molecule has 4 heteroatoms. The maximum Gasteiger partial charge on any atom is 0.0794 e. The molecular weight excluding hydrogens is 230 g/mol. The minimum Gasteiger partial charge on any atom is -0.314 e. The third-order valence-corrected chi connectivity index (χ3v) is 4.05. The summed E-state index contributed by atoms with van der Waals surface area (Å²) in [5.41, 5.74) is 1.93. The van der Waals surface area contributed by atoms with E-state index in [0.29, 0.717) is 6.04 Å². The Morgan fingerprint density at radius 1 is 1.59 bits per heavy atom. The van der Waals surface area contributed by atoms with Gasteiger partial charge in [-0.15, -0.1) is 11.3 Å². The van der Waals surface area contributed by atoms with E-state index in [1.165, 1.54) is 30.8 Å². The van der Waals surface area contributed by atoms with Crippen LogP contribution in [-0.2, 0) is 6.54 Å². The molecule has 1 aliphatic rings. The molecule has 0 aliphatic carbocycles. The predicted octanol–water partition coefficient (Wildman–Crippen LogP) is 2.35. The van der Waals surface area contributed by atoms with Crippen LogP contribution in [0.2, 0.25) is 0 Å². The molecule has 1 N–H and O–H groups in total. The fraction of sp³-hybridized carbons (Fsp3) is 0.769. The summed E-state index contributed by atoms with van der Waals surface area (Å²) in [6, 6.07) is 0.604. The molecule has 1 aliphatic heterocycles. The minimum absolute atomic E-state index is 0.604. The van der Waals surface area contributed by atoms with Crippen LogP contribution in [0.5, 0.6) is 0 Å². The van der Waals surface area contributed by atoms with Crippen molar-refractivity contribution in [2.24, 2.45) is 5.92 Å². The van der Waals surface area contributed by atoms with Crippen molar-refractivity contribution in [3.05, 3.63) is 16.6 Å². The first kappa shape index (κ1) is 13.0. The number of nitrogens with zero attached hydrogens (tertiary/aromatic N) is 2. The van der Waals surface area contributed by atoms with Gasteiger partial charge in [-0.25, -0.2) is 0 Å². The van der Waals surface area contributed by atoms with Crippen molar-refractivity contribution in [2.45, 2.75) is 39.3 Å². The molecule has 1 aromatic heterocycles. The Bertz CT molecular complexity index is 310. The van der Waals surface area contributed by atoms with Gasteiger partial charge in [-0.2, -0.15) is 0 Å². The van der Waals surface area contributed by atoms with Crippen LogP contribution in [0.25, 0.3) is 0 Å². The first-order valence-electron chi connectivity index (χ1n) is 6.57. The Kier molecular flexibility index (Phi) is 4.95. The SMILES string of the molecule is CC(C)NCC1CCCN(Cc2cncs2)C1. The van der Waals surface area contributed by atoms with Gasteiger partial charge in [0.05, 0.1) is 5.51 Å². The summed E-state index contributed by atoms with van der Waals surface area (Å²) in [5, 5.41) is 3.56. The number of piperidine rings is 1. The largest absolute Gasteiger partial charge is 0.314 e. The summed E-state index contributed by atoms with van der Waals surface area (Å²) >= 11 is 1.77. The van der Waals surface area contributed by atoms with E-state index in [2.05, 4.69) is 29.0 Å². The van der Waals surface area contributed by atoms with Crippen LogP contribution in [-0.4, -0.2) is 35.6 Å². The lowest BCUT2D eigenvalue weighted by atomic mass is 9.98. The molecule has 3 nitrogen and oxygen atoms in total. The number of hydrogen-bond acceptors (Lipinski definition) is 4. The highest BCUT2D eigenvalue weighted by Crippen LogP contribution is 2.19. The molecule has 1 saturated heterocycles. The van der Waals surface area contributed by atoms with Crippen molar-refractivity contribution in [1.82, 2.24) is 15.2 Å².